The van der Waals surface area contributed by atoms with E-state index >= 15 is 0 Å². The van der Waals surface area contributed by atoms with Gasteiger partial charge in [-0.1, -0.05) is 0 Å². The zero-order valence-electron chi connectivity index (χ0n) is 9.99. The number of likely N-dealkylation sites (tertiary alicyclic amines) is 1. The van der Waals surface area contributed by atoms with Gasteiger partial charge >= 0.3 is 0 Å². The van der Waals surface area contributed by atoms with Gasteiger partial charge in [0, 0.05) is 18.6 Å². The third kappa shape index (κ3) is 2.60. The van der Waals surface area contributed by atoms with Crippen LogP contribution in [0.25, 0.3) is 0 Å². The van der Waals surface area contributed by atoms with Crippen molar-refractivity contribution in [3.05, 3.63) is 6.33 Å². The summed E-state index contributed by atoms with van der Waals surface area (Å²) in [6.45, 7) is 2.78. The summed E-state index contributed by atoms with van der Waals surface area (Å²) in [6.07, 6.45) is 4.61. The highest BCUT2D eigenvalue weighted by Crippen LogP contribution is 2.22. The number of rotatable bonds is 3. The molecule has 2 N–H and O–H groups in total. The third-order valence-electron chi connectivity index (χ3n) is 3.28. The zero-order valence-corrected chi connectivity index (χ0v) is 9.99. The summed E-state index contributed by atoms with van der Waals surface area (Å²) in [7, 11) is 0. The smallest absolute Gasteiger partial charge is 0.244 e. The largest absolute Gasteiger partial charge is 0.334 e. The lowest BCUT2D eigenvalue weighted by atomic mass is 9.96. The van der Waals surface area contributed by atoms with Crippen molar-refractivity contribution in [1.29, 1.82) is 0 Å². The molecule has 1 aliphatic rings. The van der Waals surface area contributed by atoms with Crippen molar-refractivity contribution in [3.63, 3.8) is 0 Å². The molecule has 0 aliphatic carbocycles. The molecule has 17 heavy (non-hydrogen) atoms. The van der Waals surface area contributed by atoms with Gasteiger partial charge in [-0.05, 0) is 36.6 Å². The highest BCUT2D eigenvalue weighted by molar-refractivity contribution is 5.76. The van der Waals surface area contributed by atoms with E-state index < -0.39 is 0 Å². The fourth-order valence-electron chi connectivity index (χ4n) is 2.44. The standard InChI is InChI=1S/C10H18N6O/c1-8-3-2-4-9(5-11)16(8)10(17)6-15-7-12-13-14-15/h7-9H,2-6,11H2,1H3. The van der Waals surface area contributed by atoms with Crippen LogP contribution in [0.1, 0.15) is 26.2 Å². The molecule has 2 heterocycles. The van der Waals surface area contributed by atoms with E-state index in [1.807, 2.05) is 4.90 Å². The number of nitrogens with two attached hydrogens (primary N) is 1. The van der Waals surface area contributed by atoms with Crippen molar-refractivity contribution in [2.24, 2.45) is 5.73 Å². The molecule has 1 fully saturated rings. The maximum atomic E-state index is 12.2. The fourth-order valence-corrected chi connectivity index (χ4v) is 2.44. The average Bonchev–Trinajstić information content (AvgIpc) is 2.81. The average molecular weight is 238 g/mol. The monoisotopic (exact) mass is 238 g/mol. The Labute approximate surface area is 100.0 Å². The topological polar surface area (TPSA) is 89.9 Å². The highest BCUT2D eigenvalue weighted by atomic mass is 16.2. The van der Waals surface area contributed by atoms with Crippen LogP contribution in [0.2, 0.25) is 0 Å². The number of hydrogen-bond donors (Lipinski definition) is 1. The van der Waals surface area contributed by atoms with Crippen molar-refractivity contribution < 1.29 is 4.79 Å². The first-order valence-electron chi connectivity index (χ1n) is 5.94. The van der Waals surface area contributed by atoms with Crippen LogP contribution in [0.15, 0.2) is 6.33 Å². The summed E-state index contributed by atoms with van der Waals surface area (Å²) in [5.41, 5.74) is 5.73. The molecule has 0 spiro atoms. The van der Waals surface area contributed by atoms with Crippen molar-refractivity contribution in [2.45, 2.75) is 44.8 Å². The molecule has 2 rings (SSSR count). The zero-order chi connectivity index (χ0) is 12.3. The summed E-state index contributed by atoms with van der Waals surface area (Å²) >= 11 is 0. The number of carbonyl (C=O) groups is 1. The van der Waals surface area contributed by atoms with Gasteiger partial charge < -0.3 is 10.6 Å². The van der Waals surface area contributed by atoms with E-state index in [1.165, 1.54) is 11.0 Å². The molecule has 1 amide bonds. The molecule has 0 bridgehead atoms. The Hall–Kier alpha value is -1.50. The predicted molar refractivity (Wildman–Crippen MR) is 60.8 cm³/mol. The van der Waals surface area contributed by atoms with Gasteiger partial charge in [0.25, 0.3) is 0 Å². The number of aromatic nitrogens is 4. The minimum atomic E-state index is 0.0416. The molecule has 1 aromatic heterocycles. The molecule has 7 heteroatoms. The number of nitrogens with zero attached hydrogens (tertiary/aromatic N) is 5. The summed E-state index contributed by atoms with van der Waals surface area (Å²) in [5, 5.41) is 10.7. The third-order valence-corrected chi connectivity index (χ3v) is 3.28. The first kappa shape index (κ1) is 12.0. The van der Waals surface area contributed by atoms with Crippen LogP contribution < -0.4 is 5.73 Å². The van der Waals surface area contributed by atoms with Crippen LogP contribution in [-0.2, 0) is 11.3 Å². The van der Waals surface area contributed by atoms with Gasteiger partial charge in [-0.25, -0.2) is 4.68 Å². The second kappa shape index (κ2) is 5.22. The van der Waals surface area contributed by atoms with Crippen LogP contribution >= 0.6 is 0 Å². The number of amides is 1. The van der Waals surface area contributed by atoms with Crippen LogP contribution in [0.3, 0.4) is 0 Å². The SMILES string of the molecule is CC1CCCC(CN)N1C(=O)Cn1cnnn1. The molecule has 94 valence electrons. The van der Waals surface area contributed by atoms with Crippen molar-refractivity contribution in [3.8, 4) is 0 Å². The number of tetrazole rings is 1. The maximum Gasteiger partial charge on any atom is 0.244 e. The Kier molecular flexibility index (Phi) is 3.68. The first-order chi connectivity index (χ1) is 8.22. The first-order valence-corrected chi connectivity index (χ1v) is 5.94. The van der Waals surface area contributed by atoms with E-state index in [1.54, 1.807) is 0 Å². The minimum absolute atomic E-state index is 0.0416. The molecule has 1 saturated heterocycles. The molecule has 2 atom stereocenters. The Morgan fingerprint density at radius 3 is 3.00 bits per heavy atom. The van der Waals surface area contributed by atoms with Crippen molar-refractivity contribution in [2.75, 3.05) is 6.54 Å². The van der Waals surface area contributed by atoms with Crippen LogP contribution in [0, 0.1) is 0 Å². The van der Waals surface area contributed by atoms with E-state index in [-0.39, 0.29) is 24.5 Å². The number of hydrogen-bond acceptors (Lipinski definition) is 5. The Morgan fingerprint density at radius 1 is 1.53 bits per heavy atom. The fraction of sp³-hybridized carbons (Fsp3) is 0.800. The lowest BCUT2D eigenvalue weighted by molar-refractivity contribution is -0.138. The van der Waals surface area contributed by atoms with Gasteiger partial charge in [0.1, 0.15) is 12.9 Å². The van der Waals surface area contributed by atoms with Crippen LogP contribution in [0.4, 0.5) is 0 Å². The number of piperidine rings is 1. The predicted octanol–water partition coefficient (Wildman–Crippen LogP) is -0.599. The van der Waals surface area contributed by atoms with Gasteiger partial charge in [-0.2, -0.15) is 0 Å². The summed E-state index contributed by atoms with van der Waals surface area (Å²) in [5.74, 6) is 0.0416. The molecule has 0 saturated carbocycles. The quantitative estimate of drug-likeness (QED) is 0.759. The minimum Gasteiger partial charge on any atom is -0.334 e. The highest BCUT2D eigenvalue weighted by Gasteiger charge is 2.30. The molecule has 2 unspecified atom stereocenters. The van der Waals surface area contributed by atoms with Crippen molar-refractivity contribution >= 4 is 5.91 Å². The van der Waals surface area contributed by atoms with E-state index in [0.717, 1.165) is 19.3 Å². The molecule has 7 nitrogen and oxygen atoms in total. The molecular weight excluding hydrogens is 220 g/mol. The Bertz CT molecular complexity index is 365. The molecule has 1 aliphatic heterocycles. The van der Waals surface area contributed by atoms with Crippen LogP contribution in [0.5, 0.6) is 0 Å². The van der Waals surface area contributed by atoms with E-state index in [0.29, 0.717) is 6.54 Å². The van der Waals surface area contributed by atoms with Crippen molar-refractivity contribution in [1.82, 2.24) is 25.1 Å². The molecule has 0 radical (unpaired) electrons. The molecular formula is C10H18N6O. The second-order valence-electron chi connectivity index (χ2n) is 4.48. The molecule has 1 aromatic rings. The summed E-state index contributed by atoms with van der Waals surface area (Å²) in [4.78, 5) is 14.1. The Balaban J connectivity index is 2.05. The van der Waals surface area contributed by atoms with Gasteiger partial charge in [0.2, 0.25) is 5.91 Å². The maximum absolute atomic E-state index is 12.2. The normalized spacial score (nSPS) is 24.9. The van der Waals surface area contributed by atoms with Gasteiger partial charge in [-0.3, -0.25) is 4.79 Å². The molecule has 0 aromatic carbocycles. The van der Waals surface area contributed by atoms with E-state index in [9.17, 15) is 4.79 Å². The lowest BCUT2D eigenvalue weighted by Gasteiger charge is -2.40. The van der Waals surface area contributed by atoms with E-state index in [4.69, 9.17) is 5.73 Å². The van der Waals surface area contributed by atoms with Gasteiger partial charge in [0.15, 0.2) is 0 Å². The van der Waals surface area contributed by atoms with Gasteiger partial charge in [0.05, 0.1) is 0 Å². The van der Waals surface area contributed by atoms with E-state index in [2.05, 4.69) is 22.4 Å². The summed E-state index contributed by atoms with van der Waals surface area (Å²) < 4.78 is 1.44. The van der Waals surface area contributed by atoms with Gasteiger partial charge in [-0.15, -0.1) is 5.10 Å². The summed E-state index contributed by atoms with van der Waals surface area (Å²) in [6, 6.07) is 0.406. The Morgan fingerprint density at radius 2 is 2.35 bits per heavy atom. The lowest BCUT2D eigenvalue weighted by Crippen LogP contribution is -2.52. The van der Waals surface area contributed by atoms with Crippen LogP contribution in [-0.4, -0.2) is 49.6 Å². The second-order valence-corrected chi connectivity index (χ2v) is 4.48. The number of carbonyl (C=O) groups excluding carboxylic acids is 1.